The molecule has 0 saturated heterocycles. The first-order valence-corrected chi connectivity index (χ1v) is 7.52. The highest BCUT2D eigenvalue weighted by Gasteiger charge is 2.40. The van der Waals surface area contributed by atoms with E-state index in [1.54, 1.807) is 7.11 Å². The molecule has 0 bridgehead atoms. The molecule has 1 aliphatic carbocycles. The summed E-state index contributed by atoms with van der Waals surface area (Å²) in [6.45, 7) is 4.79. The summed E-state index contributed by atoms with van der Waals surface area (Å²) >= 11 is 0. The molecule has 4 atom stereocenters. The first-order chi connectivity index (χ1) is 9.11. The van der Waals surface area contributed by atoms with Crippen LogP contribution in [0.5, 0.6) is 5.75 Å². The second-order valence-electron chi connectivity index (χ2n) is 6.46. The maximum Gasteiger partial charge on any atom is 0.120 e. The van der Waals surface area contributed by atoms with E-state index in [1.807, 2.05) is 0 Å². The van der Waals surface area contributed by atoms with Gasteiger partial charge in [-0.2, -0.15) is 0 Å². The molecule has 0 amide bonds. The zero-order valence-corrected chi connectivity index (χ0v) is 12.5. The van der Waals surface area contributed by atoms with Gasteiger partial charge in [-0.15, -0.1) is 0 Å². The van der Waals surface area contributed by atoms with Crippen LogP contribution in [0.25, 0.3) is 0 Å². The Bertz CT molecular complexity index is 470. The van der Waals surface area contributed by atoms with Crippen molar-refractivity contribution in [2.75, 3.05) is 19.1 Å². The Morgan fingerprint density at radius 3 is 2.74 bits per heavy atom. The first-order valence-electron chi connectivity index (χ1n) is 7.52. The normalized spacial score (nSPS) is 33.6. The standard InChI is InChI=1S/C17H25NO/c1-11-5-7-14-12(2)18(3)17-10-13(19-4)6-8-15(17)16(14)9-11/h6,8,10-12,14,16H,5,7,9H2,1-4H3/t11-,12+,14+,16-/m1/s1. The van der Waals surface area contributed by atoms with Gasteiger partial charge in [0.1, 0.15) is 5.75 Å². The van der Waals surface area contributed by atoms with Gasteiger partial charge < -0.3 is 9.64 Å². The van der Waals surface area contributed by atoms with E-state index < -0.39 is 0 Å². The average Bonchev–Trinajstić information content (AvgIpc) is 2.44. The van der Waals surface area contributed by atoms with Gasteiger partial charge in [0.05, 0.1) is 7.11 Å². The van der Waals surface area contributed by atoms with Crippen LogP contribution in [-0.4, -0.2) is 20.2 Å². The fourth-order valence-electron chi connectivity index (χ4n) is 4.12. The van der Waals surface area contributed by atoms with Gasteiger partial charge in [-0.3, -0.25) is 0 Å². The minimum atomic E-state index is 0.636. The van der Waals surface area contributed by atoms with Crippen molar-refractivity contribution in [3.05, 3.63) is 23.8 Å². The number of anilines is 1. The Kier molecular flexibility index (Phi) is 3.20. The van der Waals surface area contributed by atoms with Crippen LogP contribution >= 0.6 is 0 Å². The number of hydrogen-bond acceptors (Lipinski definition) is 2. The van der Waals surface area contributed by atoms with Crippen LogP contribution in [-0.2, 0) is 0 Å². The molecule has 1 heterocycles. The Labute approximate surface area is 116 Å². The molecule has 0 spiro atoms. The molecule has 1 aromatic rings. The second-order valence-corrected chi connectivity index (χ2v) is 6.46. The Hall–Kier alpha value is -1.18. The number of fused-ring (bicyclic) bond motifs is 3. The van der Waals surface area contributed by atoms with Gasteiger partial charge in [-0.25, -0.2) is 0 Å². The fourth-order valence-corrected chi connectivity index (χ4v) is 4.12. The highest BCUT2D eigenvalue weighted by atomic mass is 16.5. The van der Waals surface area contributed by atoms with Crippen LogP contribution in [0.2, 0.25) is 0 Å². The summed E-state index contributed by atoms with van der Waals surface area (Å²) in [4.78, 5) is 2.45. The van der Waals surface area contributed by atoms with Crippen LogP contribution in [0.4, 0.5) is 5.69 Å². The van der Waals surface area contributed by atoms with Crippen molar-refractivity contribution in [1.82, 2.24) is 0 Å². The molecule has 0 N–H and O–H groups in total. The molecule has 0 radical (unpaired) electrons. The maximum atomic E-state index is 5.39. The van der Waals surface area contributed by atoms with E-state index in [9.17, 15) is 0 Å². The number of ether oxygens (including phenoxy) is 1. The van der Waals surface area contributed by atoms with Crippen molar-refractivity contribution in [3.63, 3.8) is 0 Å². The van der Waals surface area contributed by atoms with Crippen LogP contribution in [0, 0.1) is 11.8 Å². The summed E-state index contributed by atoms with van der Waals surface area (Å²) in [7, 11) is 3.98. The van der Waals surface area contributed by atoms with Gasteiger partial charge in [0, 0.05) is 24.8 Å². The summed E-state index contributed by atoms with van der Waals surface area (Å²) in [6.07, 6.45) is 4.12. The number of hydrogen-bond donors (Lipinski definition) is 0. The van der Waals surface area contributed by atoms with Crippen LogP contribution in [0.1, 0.15) is 44.6 Å². The lowest BCUT2D eigenvalue weighted by Gasteiger charge is -2.48. The molecule has 1 aromatic carbocycles. The molecule has 1 fully saturated rings. The zero-order valence-electron chi connectivity index (χ0n) is 12.5. The van der Waals surface area contributed by atoms with Gasteiger partial charge in [0.25, 0.3) is 0 Å². The molecule has 1 aliphatic heterocycles. The predicted octanol–water partition coefficient (Wildman–Crippen LogP) is 4.05. The SMILES string of the molecule is COc1ccc2c(c1)N(C)[C@@H](C)[C@@H]1CC[C@@H](C)C[C@@H]21. The Morgan fingerprint density at radius 2 is 2.00 bits per heavy atom. The molecule has 2 nitrogen and oxygen atoms in total. The van der Waals surface area contributed by atoms with Crippen molar-refractivity contribution in [2.24, 2.45) is 11.8 Å². The lowest BCUT2D eigenvalue weighted by Crippen LogP contribution is -2.45. The van der Waals surface area contributed by atoms with Crippen molar-refractivity contribution in [3.8, 4) is 5.75 Å². The first kappa shape index (κ1) is 12.8. The van der Waals surface area contributed by atoms with E-state index in [2.05, 4.69) is 44.0 Å². The highest BCUT2D eigenvalue weighted by Crippen LogP contribution is 2.50. The molecular weight excluding hydrogens is 234 g/mol. The third-order valence-corrected chi connectivity index (χ3v) is 5.41. The monoisotopic (exact) mass is 259 g/mol. The topological polar surface area (TPSA) is 12.5 Å². The molecule has 104 valence electrons. The van der Waals surface area contributed by atoms with E-state index in [1.165, 1.54) is 30.5 Å². The van der Waals surface area contributed by atoms with E-state index in [0.29, 0.717) is 6.04 Å². The zero-order chi connectivity index (χ0) is 13.6. The maximum absolute atomic E-state index is 5.39. The van der Waals surface area contributed by atoms with Crippen molar-refractivity contribution >= 4 is 5.69 Å². The smallest absolute Gasteiger partial charge is 0.120 e. The quantitative estimate of drug-likeness (QED) is 0.754. The summed E-state index contributed by atoms with van der Waals surface area (Å²) in [6, 6.07) is 7.27. The van der Waals surface area contributed by atoms with Gasteiger partial charge >= 0.3 is 0 Å². The predicted molar refractivity (Wildman–Crippen MR) is 80.1 cm³/mol. The lowest BCUT2D eigenvalue weighted by atomic mass is 9.66. The van der Waals surface area contributed by atoms with E-state index in [-0.39, 0.29) is 0 Å². The number of rotatable bonds is 1. The van der Waals surface area contributed by atoms with Crippen molar-refractivity contribution in [1.29, 1.82) is 0 Å². The molecular formula is C17H25NO. The summed E-state index contributed by atoms with van der Waals surface area (Å²) in [5.41, 5.74) is 2.92. The summed E-state index contributed by atoms with van der Waals surface area (Å²) < 4.78 is 5.39. The van der Waals surface area contributed by atoms with Crippen LogP contribution < -0.4 is 9.64 Å². The Morgan fingerprint density at radius 1 is 1.21 bits per heavy atom. The molecule has 3 rings (SSSR count). The molecule has 0 unspecified atom stereocenters. The van der Waals surface area contributed by atoms with Crippen molar-refractivity contribution < 1.29 is 4.74 Å². The third kappa shape index (κ3) is 2.01. The lowest BCUT2D eigenvalue weighted by molar-refractivity contribution is 0.210. The van der Waals surface area contributed by atoms with E-state index in [4.69, 9.17) is 4.74 Å². The minimum absolute atomic E-state index is 0.636. The van der Waals surface area contributed by atoms with Crippen LogP contribution in [0.3, 0.4) is 0 Å². The molecule has 2 heteroatoms. The molecule has 0 aromatic heterocycles. The van der Waals surface area contributed by atoms with Gasteiger partial charge in [0.15, 0.2) is 0 Å². The Balaban J connectivity index is 2.05. The fraction of sp³-hybridized carbons (Fsp3) is 0.647. The number of nitrogens with zero attached hydrogens (tertiary/aromatic N) is 1. The van der Waals surface area contributed by atoms with Gasteiger partial charge in [-0.1, -0.05) is 19.4 Å². The van der Waals surface area contributed by atoms with Crippen molar-refractivity contribution in [2.45, 2.75) is 45.1 Å². The summed E-state index contributed by atoms with van der Waals surface area (Å²) in [5.74, 6) is 3.41. The average molecular weight is 259 g/mol. The molecule has 19 heavy (non-hydrogen) atoms. The number of methoxy groups -OCH3 is 1. The van der Waals surface area contributed by atoms with Crippen LogP contribution in [0.15, 0.2) is 18.2 Å². The highest BCUT2D eigenvalue weighted by molar-refractivity contribution is 5.61. The van der Waals surface area contributed by atoms with Gasteiger partial charge in [0.2, 0.25) is 0 Å². The van der Waals surface area contributed by atoms with Gasteiger partial charge in [-0.05, 0) is 49.1 Å². The minimum Gasteiger partial charge on any atom is -0.497 e. The molecule has 1 saturated carbocycles. The molecule has 2 aliphatic rings. The number of benzene rings is 1. The van der Waals surface area contributed by atoms with E-state index in [0.717, 1.165) is 23.5 Å². The third-order valence-electron chi connectivity index (χ3n) is 5.41. The largest absolute Gasteiger partial charge is 0.497 e. The second kappa shape index (κ2) is 4.73. The van der Waals surface area contributed by atoms with E-state index >= 15 is 0 Å². The summed E-state index contributed by atoms with van der Waals surface area (Å²) in [5, 5.41) is 0.